The van der Waals surface area contributed by atoms with Gasteiger partial charge in [0.05, 0.1) is 15.6 Å². The van der Waals surface area contributed by atoms with Crippen LogP contribution in [-0.2, 0) is 0 Å². The predicted octanol–water partition coefficient (Wildman–Crippen LogP) is 5.59. The molecule has 1 fully saturated rings. The molecular formula is C21H18Cl3N3O. The summed E-state index contributed by atoms with van der Waals surface area (Å²) in [5, 5.41) is 6.51. The van der Waals surface area contributed by atoms with Gasteiger partial charge in [0.15, 0.2) is 0 Å². The molecule has 0 spiro atoms. The number of halogens is 3. The van der Waals surface area contributed by atoms with Crippen molar-refractivity contribution in [2.24, 2.45) is 0 Å². The van der Waals surface area contributed by atoms with Crippen LogP contribution in [0.2, 0.25) is 15.1 Å². The molecule has 0 radical (unpaired) electrons. The Morgan fingerprint density at radius 2 is 1.68 bits per heavy atom. The van der Waals surface area contributed by atoms with Crippen molar-refractivity contribution in [3.05, 3.63) is 69.3 Å². The van der Waals surface area contributed by atoms with Crippen molar-refractivity contribution >= 4 is 57.3 Å². The fourth-order valence-electron chi connectivity index (χ4n) is 3.58. The van der Waals surface area contributed by atoms with Gasteiger partial charge in [-0.1, -0.05) is 53.0 Å². The van der Waals surface area contributed by atoms with E-state index in [2.05, 4.69) is 15.2 Å². The highest BCUT2D eigenvalue weighted by atomic mass is 35.5. The van der Waals surface area contributed by atoms with Gasteiger partial charge in [-0.05, 0) is 37.1 Å². The van der Waals surface area contributed by atoms with E-state index >= 15 is 0 Å². The Kier molecular flexibility index (Phi) is 5.63. The Balaban J connectivity index is 1.45. The normalized spacial score (nSPS) is 15.0. The molecule has 1 amide bonds. The molecule has 144 valence electrons. The lowest BCUT2D eigenvalue weighted by Gasteiger charge is -2.33. The molecule has 1 saturated heterocycles. The molecule has 7 heteroatoms. The molecule has 1 aliphatic heterocycles. The van der Waals surface area contributed by atoms with Gasteiger partial charge in [-0.15, -0.1) is 0 Å². The third kappa shape index (κ3) is 3.77. The van der Waals surface area contributed by atoms with Crippen LogP contribution >= 0.6 is 34.8 Å². The van der Waals surface area contributed by atoms with Crippen molar-refractivity contribution < 1.29 is 4.79 Å². The second-order valence-electron chi connectivity index (χ2n) is 6.81. The highest BCUT2D eigenvalue weighted by molar-refractivity contribution is 6.43. The Morgan fingerprint density at radius 1 is 0.964 bits per heavy atom. The number of nitrogens with zero attached hydrogens (tertiary/aromatic N) is 2. The number of hydrogen-bond donors (Lipinski definition) is 1. The van der Waals surface area contributed by atoms with E-state index in [1.54, 1.807) is 24.4 Å². The zero-order valence-corrected chi connectivity index (χ0v) is 17.2. The fourth-order valence-corrected chi connectivity index (χ4v) is 4.21. The average molecular weight is 435 g/mol. The number of benzene rings is 2. The first-order valence-corrected chi connectivity index (χ1v) is 10.2. The summed E-state index contributed by atoms with van der Waals surface area (Å²) in [7, 11) is 0. The van der Waals surface area contributed by atoms with E-state index in [1.807, 2.05) is 24.3 Å². The van der Waals surface area contributed by atoms with Crippen molar-refractivity contribution in [3.8, 4) is 0 Å². The van der Waals surface area contributed by atoms with Gasteiger partial charge in [0.2, 0.25) is 0 Å². The smallest absolute Gasteiger partial charge is 0.253 e. The van der Waals surface area contributed by atoms with Gasteiger partial charge >= 0.3 is 0 Å². The molecule has 1 aliphatic rings. The van der Waals surface area contributed by atoms with Gasteiger partial charge in [0.25, 0.3) is 5.91 Å². The number of rotatable bonds is 3. The Labute approximate surface area is 178 Å². The third-order valence-electron chi connectivity index (χ3n) is 5.06. The van der Waals surface area contributed by atoms with E-state index in [1.165, 1.54) is 0 Å². The van der Waals surface area contributed by atoms with Gasteiger partial charge in [0, 0.05) is 41.1 Å². The largest absolute Gasteiger partial charge is 0.356 e. The summed E-state index contributed by atoms with van der Waals surface area (Å²) in [6.07, 6.45) is 3.43. The van der Waals surface area contributed by atoms with Crippen LogP contribution in [0.1, 0.15) is 23.2 Å². The topological polar surface area (TPSA) is 45.2 Å². The van der Waals surface area contributed by atoms with Gasteiger partial charge in [-0.25, -0.2) is 4.98 Å². The van der Waals surface area contributed by atoms with E-state index in [-0.39, 0.29) is 17.0 Å². The molecule has 0 aliphatic carbocycles. The van der Waals surface area contributed by atoms with Crippen molar-refractivity contribution in [3.63, 3.8) is 0 Å². The Hall–Kier alpha value is -2.01. The second kappa shape index (κ2) is 8.16. The number of hydrogen-bond acceptors (Lipinski definition) is 3. The number of amides is 1. The van der Waals surface area contributed by atoms with Crippen LogP contribution in [0.15, 0.2) is 48.7 Å². The summed E-state index contributed by atoms with van der Waals surface area (Å²) >= 11 is 18.5. The molecule has 2 aromatic carbocycles. The van der Waals surface area contributed by atoms with Crippen LogP contribution in [0.25, 0.3) is 10.8 Å². The summed E-state index contributed by atoms with van der Waals surface area (Å²) < 4.78 is 0. The van der Waals surface area contributed by atoms with Crippen molar-refractivity contribution in [2.45, 2.75) is 18.9 Å². The lowest BCUT2D eigenvalue weighted by Crippen LogP contribution is -2.45. The SMILES string of the molecule is O=C(NC1CCN(c2nccc3c(Cl)cccc23)CC1)c1cccc(Cl)c1Cl. The lowest BCUT2D eigenvalue weighted by atomic mass is 10.0. The first kappa shape index (κ1) is 19.3. The zero-order chi connectivity index (χ0) is 19.7. The van der Waals surface area contributed by atoms with Gasteiger partial charge in [0.1, 0.15) is 5.82 Å². The lowest BCUT2D eigenvalue weighted by molar-refractivity contribution is 0.0931. The highest BCUT2D eigenvalue weighted by Gasteiger charge is 2.24. The maximum Gasteiger partial charge on any atom is 0.253 e. The van der Waals surface area contributed by atoms with E-state index in [0.29, 0.717) is 10.6 Å². The molecule has 0 unspecified atom stereocenters. The average Bonchev–Trinajstić information content (AvgIpc) is 2.70. The number of carbonyl (C=O) groups excluding carboxylic acids is 1. The van der Waals surface area contributed by atoms with E-state index < -0.39 is 0 Å². The standard InChI is InChI=1S/C21H18Cl3N3O/c22-17-5-1-3-15-14(17)7-10-25-20(15)27-11-8-13(9-12-27)26-21(28)16-4-2-6-18(23)19(16)24/h1-7,10,13H,8-9,11-12H2,(H,26,28). The van der Waals surface area contributed by atoms with Crippen LogP contribution in [-0.4, -0.2) is 30.0 Å². The monoisotopic (exact) mass is 433 g/mol. The number of carbonyl (C=O) groups is 1. The molecule has 0 saturated carbocycles. The molecule has 4 rings (SSSR count). The number of fused-ring (bicyclic) bond motifs is 1. The number of nitrogens with one attached hydrogen (secondary N) is 1. The van der Waals surface area contributed by atoms with E-state index in [4.69, 9.17) is 34.8 Å². The number of piperidine rings is 1. The minimum absolute atomic E-state index is 0.0809. The molecule has 2 heterocycles. The minimum Gasteiger partial charge on any atom is -0.356 e. The summed E-state index contributed by atoms with van der Waals surface area (Å²) in [4.78, 5) is 19.4. The maximum absolute atomic E-state index is 12.6. The number of aromatic nitrogens is 1. The predicted molar refractivity (Wildman–Crippen MR) is 116 cm³/mol. The molecule has 0 bridgehead atoms. The fraction of sp³-hybridized carbons (Fsp3) is 0.238. The maximum atomic E-state index is 12.6. The molecule has 0 atom stereocenters. The van der Waals surface area contributed by atoms with E-state index in [9.17, 15) is 4.79 Å². The second-order valence-corrected chi connectivity index (χ2v) is 8.00. The third-order valence-corrected chi connectivity index (χ3v) is 6.21. The number of anilines is 1. The summed E-state index contributed by atoms with van der Waals surface area (Å²) in [6.45, 7) is 1.60. The Morgan fingerprint density at radius 3 is 2.46 bits per heavy atom. The molecule has 28 heavy (non-hydrogen) atoms. The molecule has 1 N–H and O–H groups in total. The van der Waals surface area contributed by atoms with E-state index in [0.717, 1.165) is 47.5 Å². The summed E-state index contributed by atoms with van der Waals surface area (Å²) in [5.41, 5.74) is 0.405. The van der Waals surface area contributed by atoms with Gasteiger partial charge < -0.3 is 10.2 Å². The van der Waals surface area contributed by atoms with Gasteiger partial charge in [-0.2, -0.15) is 0 Å². The number of pyridine rings is 1. The van der Waals surface area contributed by atoms with Crippen molar-refractivity contribution in [2.75, 3.05) is 18.0 Å². The quantitative estimate of drug-likeness (QED) is 0.584. The van der Waals surface area contributed by atoms with Crippen molar-refractivity contribution in [1.29, 1.82) is 0 Å². The summed E-state index contributed by atoms with van der Waals surface area (Å²) in [6, 6.07) is 13.0. The minimum atomic E-state index is -0.194. The summed E-state index contributed by atoms with van der Waals surface area (Å²) in [5.74, 6) is 0.740. The van der Waals surface area contributed by atoms with Crippen molar-refractivity contribution in [1.82, 2.24) is 10.3 Å². The Bertz CT molecular complexity index is 1030. The van der Waals surface area contributed by atoms with Crippen LogP contribution < -0.4 is 10.2 Å². The molecular weight excluding hydrogens is 417 g/mol. The van der Waals surface area contributed by atoms with Crippen LogP contribution in [0.5, 0.6) is 0 Å². The molecule has 3 aromatic rings. The first-order valence-electron chi connectivity index (χ1n) is 9.07. The molecule has 1 aromatic heterocycles. The first-order chi connectivity index (χ1) is 13.5. The van der Waals surface area contributed by atoms with Crippen LogP contribution in [0, 0.1) is 0 Å². The zero-order valence-electron chi connectivity index (χ0n) is 15.0. The molecule has 4 nitrogen and oxygen atoms in total. The highest BCUT2D eigenvalue weighted by Crippen LogP contribution is 2.31. The van der Waals surface area contributed by atoms with Crippen LogP contribution in [0.4, 0.5) is 5.82 Å². The van der Waals surface area contributed by atoms with Gasteiger partial charge in [-0.3, -0.25) is 4.79 Å². The van der Waals surface area contributed by atoms with Crippen LogP contribution in [0.3, 0.4) is 0 Å².